The summed E-state index contributed by atoms with van der Waals surface area (Å²) in [7, 11) is 0. The molecule has 1 amide bonds. The van der Waals surface area contributed by atoms with Crippen LogP contribution in [-0.4, -0.2) is 61.2 Å². The number of benzene rings is 1. The van der Waals surface area contributed by atoms with Crippen molar-refractivity contribution in [2.45, 2.75) is 32.4 Å². The molecule has 4 rings (SSSR count). The third-order valence-corrected chi connectivity index (χ3v) is 5.43. The zero-order valence-electron chi connectivity index (χ0n) is 16.4. The maximum atomic E-state index is 12.2. The molecule has 0 bridgehead atoms. The highest BCUT2D eigenvalue weighted by Crippen LogP contribution is 2.18. The zero-order valence-corrected chi connectivity index (χ0v) is 16.4. The predicted molar refractivity (Wildman–Crippen MR) is 106 cm³/mol. The van der Waals surface area contributed by atoms with Gasteiger partial charge in [0.25, 0.3) is 5.91 Å². The number of rotatable bonds is 6. The minimum Gasteiger partial charge on any atom is -0.447 e. The van der Waals surface area contributed by atoms with Crippen LogP contribution in [0.5, 0.6) is 0 Å². The van der Waals surface area contributed by atoms with Gasteiger partial charge in [-0.15, -0.1) is 0 Å². The highest BCUT2D eigenvalue weighted by Gasteiger charge is 2.21. The predicted octanol–water partition coefficient (Wildman–Crippen LogP) is 2.21. The lowest BCUT2D eigenvalue weighted by atomic mass is 10.2. The molecule has 1 aromatic heterocycles. The summed E-state index contributed by atoms with van der Waals surface area (Å²) in [5.41, 5.74) is 2.89. The Bertz CT molecular complexity index is 775. The van der Waals surface area contributed by atoms with Crippen molar-refractivity contribution >= 4 is 11.6 Å². The second kappa shape index (κ2) is 8.75. The first kappa shape index (κ1) is 19.0. The molecular formula is C21H28N4O3. The second-order valence-corrected chi connectivity index (χ2v) is 7.57. The van der Waals surface area contributed by atoms with Crippen molar-refractivity contribution in [1.29, 1.82) is 0 Å². The molecule has 1 N–H and O–H groups in total. The van der Waals surface area contributed by atoms with Gasteiger partial charge in [-0.3, -0.25) is 9.69 Å². The number of nitrogens with zero attached hydrogens (tertiary/aromatic N) is 3. The Morgan fingerprint density at radius 1 is 1.21 bits per heavy atom. The van der Waals surface area contributed by atoms with Crippen LogP contribution in [-0.2, 0) is 11.3 Å². The molecular weight excluding hydrogens is 356 g/mol. The van der Waals surface area contributed by atoms with Crippen molar-refractivity contribution in [2.24, 2.45) is 0 Å². The van der Waals surface area contributed by atoms with Gasteiger partial charge in [-0.25, -0.2) is 4.98 Å². The number of oxazole rings is 1. The summed E-state index contributed by atoms with van der Waals surface area (Å²) in [5, 5.41) is 2.88. The molecule has 7 heteroatoms. The van der Waals surface area contributed by atoms with Crippen LogP contribution in [0.1, 0.15) is 34.8 Å². The van der Waals surface area contributed by atoms with E-state index in [9.17, 15) is 4.79 Å². The van der Waals surface area contributed by atoms with Crippen molar-refractivity contribution in [3.63, 3.8) is 0 Å². The Kier molecular flexibility index (Phi) is 5.92. The molecule has 0 unspecified atom stereocenters. The lowest BCUT2D eigenvalue weighted by Gasteiger charge is -2.35. The minimum atomic E-state index is -0.199. The first-order chi connectivity index (χ1) is 13.7. The van der Waals surface area contributed by atoms with Gasteiger partial charge in [0.1, 0.15) is 6.26 Å². The molecule has 0 aliphatic carbocycles. The van der Waals surface area contributed by atoms with E-state index in [1.54, 1.807) is 0 Å². The number of anilines is 1. The molecule has 0 spiro atoms. The number of aromatic nitrogens is 1. The number of hydrogen-bond donors (Lipinski definition) is 1. The van der Waals surface area contributed by atoms with E-state index in [-0.39, 0.29) is 12.0 Å². The Hall–Kier alpha value is -2.38. The molecule has 1 aromatic carbocycles. The van der Waals surface area contributed by atoms with Gasteiger partial charge in [-0.2, -0.15) is 0 Å². The number of carbonyl (C=O) groups is 1. The Balaban J connectivity index is 1.24. The van der Waals surface area contributed by atoms with E-state index in [2.05, 4.69) is 51.3 Å². The van der Waals surface area contributed by atoms with E-state index in [4.69, 9.17) is 9.15 Å². The summed E-state index contributed by atoms with van der Waals surface area (Å²) in [6.07, 6.45) is 3.63. The third kappa shape index (κ3) is 4.72. The van der Waals surface area contributed by atoms with Gasteiger partial charge in [-0.1, -0.05) is 17.7 Å². The number of amides is 1. The second-order valence-electron chi connectivity index (χ2n) is 7.57. The number of piperazine rings is 1. The zero-order chi connectivity index (χ0) is 19.3. The number of nitrogens with one attached hydrogen (secondary N) is 1. The standard InChI is InChI=1S/C21H28N4O3/c1-16-4-6-17(7-5-16)25-10-8-24(9-11-25)14-20-23-19(15-28-20)21(26)22-13-18-3-2-12-27-18/h4-7,15,18H,2-3,8-14H2,1H3,(H,22,26)/t18-/m0/s1. The number of aryl methyl sites for hydroxylation is 1. The molecule has 28 heavy (non-hydrogen) atoms. The fraction of sp³-hybridized carbons (Fsp3) is 0.524. The van der Waals surface area contributed by atoms with E-state index in [0.29, 0.717) is 24.7 Å². The fourth-order valence-corrected chi connectivity index (χ4v) is 3.70. The summed E-state index contributed by atoms with van der Waals surface area (Å²) in [6.45, 7) is 7.87. The Labute approximate surface area is 165 Å². The van der Waals surface area contributed by atoms with E-state index in [1.165, 1.54) is 17.5 Å². The quantitative estimate of drug-likeness (QED) is 0.824. The normalized spacial score (nSPS) is 20.5. The van der Waals surface area contributed by atoms with Crippen molar-refractivity contribution in [3.8, 4) is 0 Å². The van der Waals surface area contributed by atoms with Crippen LogP contribution in [0.2, 0.25) is 0 Å². The maximum absolute atomic E-state index is 12.2. The van der Waals surface area contributed by atoms with Gasteiger partial charge in [0.15, 0.2) is 5.69 Å². The van der Waals surface area contributed by atoms with Crippen molar-refractivity contribution in [1.82, 2.24) is 15.2 Å². The summed E-state index contributed by atoms with van der Waals surface area (Å²) in [4.78, 5) is 21.3. The van der Waals surface area contributed by atoms with Gasteiger partial charge in [0, 0.05) is 45.0 Å². The average Bonchev–Trinajstić information content (AvgIpc) is 3.40. The lowest BCUT2D eigenvalue weighted by Crippen LogP contribution is -2.46. The highest BCUT2D eigenvalue weighted by atomic mass is 16.5. The highest BCUT2D eigenvalue weighted by molar-refractivity contribution is 5.91. The van der Waals surface area contributed by atoms with Crippen molar-refractivity contribution in [3.05, 3.63) is 47.7 Å². The van der Waals surface area contributed by atoms with Crippen LogP contribution in [0, 0.1) is 6.92 Å². The number of carbonyl (C=O) groups excluding carboxylic acids is 1. The first-order valence-electron chi connectivity index (χ1n) is 10.1. The van der Waals surface area contributed by atoms with Crippen LogP contribution in [0.15, 0.2) is 34.9 Å². The molecule has 1 atom stereocenters. The topological polar surface area (TPSA) is 70.8 Å². The van der Waals surface area contributed by atoms with Crippen LogP contribution in [0.3, 0.4) is 0 Å². The van der Waals surface area contributed by atoms with Gasteiger partial charge in [-0.05, 0) is 31.9 Å². The summed E-state index contributed by atoms with van der Waals surface area (Å²) < 4.78 is 11.0. The molecule has 3 heterocycles. The number of hydrogen-bond acceptors (Lipinski definition) is 6. The molecule has 0 radical (unpaired) electrons. The Morgan fingerprint density at radius 2 is 2.00 bits per heavy atom. The van der Waals surface area contributed by atoms with E-state index >= 15 is 0 Å². The molecule has 2 aliphatic heterocycles. The van der Waals surface area contributed by atoms with Crippen molar-refractivity contribution in [2.75, 3.05) is 44.2 Å². The first-order valence-corrected chi connectivity index (χ1v) is 10.1. The summed E-state index contributed by atoms with van der Waals surface area (Å²) >= 11 is 0. The Morgan fingerprint density at radius 3 is 2.71 bits per heavy atom. The number of ether oxygens (including phenoxy) is 1. The van der Waals surface area contributed by atoms with Crippen LogP contribution < -0.4 is 10.2 Å². The molecule has 2 saturated heterocycles. The smallest absolute Gasteiger partial charge is 0.273 e. The maximum Gasteiger partial charge on any atom is 0.273 e. The van der Waals surface area contributed by atoms with Crippen LogP contribution in [0.4, 0.5) is 5.69 Å². The monoisotopic (exact) mass is 384 g/mol. The summed E-state index contributed by atoms with van der Waals surface area (Å²) in [6, 6.07) is 8.67. The molecule has 0 saturated carbocycles. The largest absolute Gasteiger partial charge is 0.447 e. The van der Waals surface area contributed by atoms with Crippen LogP contribution >= 0.6 is 0 Å². The van der Waals surface area contributed by atoms with Gasteiger partial charge >= 0.3 is 0 Å². The van der Waals surface area contributed by atoms with E-state index in [1.807, 2.05) is 0 Å². The van der Waals surface area contributed by atoms with E-state index in [0.717, 1.165) is 45.6 Å². The minimum absolute atomic E-state index is 0.125. The SMILES string of the molecule is Cc1ccc(N2CCN(Cc3nc(C(=O)NC[C@@H]4CCCO4)co3)CC2)cc1. The third-order valence-electron chi connectivity index (χ3n) is 5.43. The fourth-order valence-electron chi connectivity index (χ4n) is 3.70. The van der Waals surface area contributed by atoms with Crippen molar-refractivity contribution < 1.29 is 13.9 Å². The van der Waals surface area contributed by atoms with Crippen LogP contribution in [0.25, 0.3) is 0 Å². The van der Waals surface area contributed by atoms with E-state index < -0.39 is 0 Å². The summed E-state index contributed by atoms with van der Waals surface area (Å²) in [5.74, 6) is 0.390. The molecule has 2 aliphatic rings. The molecule has 150 valence electrons. The van der Waals surface area contributed by atoms with Gasteiger partial charge in [0.05, 0.1) is 12.6 Å². The molecule has 2 aromatic rings. The molecule has 2 fully saturated rings. The van der Waals surface area contributed by atoms with Gasteiger partial charge < -0.3 is 19.4 Å². The molecule has 7 nitrogen and oxygen atoms in total. The lowest BCUT2D eigenvalue weighted by molar-refractivity contribution is 0.0853. The average molecular weight is 384 g/mol. The van der Waals surface area contributed by atoms with Gasteiger partial charge in [0.2, 0.25) is 5.89 Å².